The fourth-order valence-corrected chi connectivity index (χ4v) is 3.47. The molecule has 9 nitrogen and oxygen atoms in total. The van der Waals surface area contributed by atoms with E-state index < -0.39 is 30.2 Å². The molecule has 1 aliphatic rings. The summed E-state index contributed by atoms with van der Waals surface area (Å²) in [5.41, 5.74) is 5.73. The number of nitrogens with zero attached hydrogens (tertiary/aromatic N) is 3. The number of amides is 2. The Kier molecular flexibility index (Phi) is 7.82. The molecule has 2 heterocycles. The number of ether oxygens (including phenoxy) is 3. The van der Waals surface area contributed by atoms with Crippen molar-refractivity contribution in [1.29, 1.82) is 0 Å². The second kappa shape index (κ2) is 10.6. The molecular weight excluding hydrogens is 457 g/mol. The molecule has 184 valence electrons. The lowest BCUT2D eigenvalue weighted by Gasteiger charge is -2.39. The zero-order valence-electron chi connectivity index (χ0n) is 18.6. The number of halogens is 3. The van der Waals surface area contributed by atoms with Gasteiger partial charge in [0.25, 0.3) is 0 Å². The highest BCUT2D eigenvalue weighted by Crippen LogP contribution is 2.32. The smallest absolute Gasteiger partial charge is 0.491 e. The third kappa shape index (κ3) is 6.98. The van der Waals surface area contributed by atoms with Gasteiger partial charge >= 0.3 is 12.5 Å². The fraction of sp³-hybridized carbons (Fsp3) is 0.409. The van der Waals surface area contributed by atoms with Gasteiger partial charge in [0.1, 0.15) is 17.5 Å². The maximum Gasteiger partial charge on any atom is 0.573 e. The van der Waals surface area contributed by atoms with Crippen LogP contribution in [0.1, 0.15) is 19.4 Å². The van der Waals surface area contributed by atoms with Crippen LogP contribution in [-0.4, -0.2) is 64.9 Å². The summed E-state index contributed by atoms with van der Waals surface area (Å²) in [6.45, 7) is 3.69. The number of rotatable bonds is 7. The molecule has 1 aliphatic heterocycles. The fourth-order valence-electron chi connectivity index (χ4n) is 3.47. The summed E-state index contributed by atoms with van der Waals surface area (Å²) in [6.07, 6.45) is -2.95. The summed E-state index contributed by atoms with van der Waals surface area (Å²) < 4.78 is 53.9. The zero-order valence-corrected chi connectivity index (χ0v) is 18.6. The summed E-state index contributed by atoms with van der Waals surface area (Å²) >= 11 is 0. The molecule has 1 fully saturated rings. The number of primary amides is 1. The average molecular weight is 482 g/mol. The second-order valence-electron chi connectivity index (χ2n) is 7.88. The van der Waals surface area contributed by atoms with Crippen LogP contribution in [0.4, 0.5) is 18.0 Å². The summed E-state index contributed by atoms with van der Waals surface area (Å²) in [4.78, 5) is 31.4. The van der Waals surface area contributed by atoms with Gasteiger partial charge in [0.2, 0.25) is 5.91 Å². The normalized spacial score (nSPS) is 16.9. The van der Waals surface area contributed by atoms with E-state index in [1.54, 1.807) is 30.9 Å². The predicted molar refractivity (Wildman–Crippen MR) is 114 cm³/mol. The van der Waals surface area contributed by atoms with Crippen molar-refractivity contribution >= 4 is 12.0 Å². The number of carbonyl (C=O) groups is 2. The van der Waals surface area contributed by atoms with Crippen molar-refractivity contribution in [3.8, 4) is 17.2 Å². The number of nitrogens with two attached hydrogens (primary N) is 1. The Balaban J connectivity index is 1.75. The van der Waals surface area contributed by atoms with E-state index in [1.165, 1.54) is 29.4 Å². The van der Waals surface area contributed by atoms with Crippen LogP contribution in [0, 0.1) is 0 Å². The molecule has 2 amide bonds. The van der Waals surface area contributed by atoms with Gasteiger partial charge in [-0.3, -0.25) is 14.7 Å². The topological polar surface area (TPSA) is 107 Å². The summed E-state index contributed by atoms with van der Waals surface area (Å²) in [6, 6.07) is 6.34. The van der Waals surface area contributed by atoms with E-state index in [0.29, 0.717) is 0 Å². The highest BCUT2D eigenvalue weighted by atomic mass is 19.4. The number of alkyl halides is 3. The van der Waals surface area contributed by atoms with Gasteiger partial charge in [-0.1, -0.05) is 6.07 Å². The van der Waals surface area contributed by atoms with E-state index in [1.807, 2.05) is 0 Å². The average Bonchev–Trinajstić information content (AvgIpc) is 2.74. The van der Waals surface area contributed by atoms with Crippen LogP contribution in [-0.2, 0) is 11.3 Å². The number of carbonyl (C=O) groups excluding carboxylic acids is 2. The number of aromatic nitrogens is 1. The molecule has 2 aromatic rings. The number of pyridine rings is 1. The number of hydrogen-bond donors (Lipinski definition) is 1. The molecule has 1 atom stereocenters. The zero-order chi connectivity index (χ0) is 24.9. The van der Waals surface area contributed by atoms with Crippen molar-refractivity contribution in [2.45, 2.75) is 38.9 Å². The van der Waals surface area contributed by atoms with Gasteiger partial charge < -0.3 is 24.8 Å². The standard InChI is InChI=1S/C22H25F3N4O5/c1-14(2)32-16-6-5-15(19(10-16)34-22(23,24)25)12-28-8-9-29(13-18(28)20(26)30)21(31)33-17-4-3-7-27-11-17/h3-7,10-11,14,18H,8-9,12-13H2,1-2H3,(H2,26,30). The minimum Gasteiger partial charge on any atom is -0.491 e. The van der Waals surface area contributed by atoms with Crippen LogP contribution in [0.25, 0.3) is 0 Å². The Hall–Kier alpha value is -3.54. The first kappa shape index (κ1) is 25.1. The minimum atomic E-state index is -4.91. The monoisotopic (exact) mass is 482 g/mol. The maximum atomic E-state index is 13.0. The van der Waals surface area contributed by atoms with Gasteiger partial charge in [0.15, 0.2) is 5.75 Å². The molecule has 2 N–H and O–H groups in total. The van der Waals surface area contributed by atoms with E-state index in [2.05, 4.69) is 9.72 Å². The molecule has 0 aliphatic carbocycles. The van der Waals surface area contributed by atoms with E-state index in [-0.39, 0.29) is 49.3 Å². The molecule has 3 rings (SSSR count). The third-order valence-electron chi connectivity index (χ3n) is 4.93. The first-order valence-corrected chi connectivity index (χ1v) is 10.5. The molecule has 1 aromatic heterocycles. The quantitative estimate of drug-likeness (QED) is 0.647. The Morgan fingerprint density at radius 3 is 2.59 bits per heavy atom. The Bertz CT molecular complexity index is 1000. The molecule has 0 bridgehead atoms. The van der Waals surface area contributed by atoms with E-state index >= 15 is 0 Å². The Morgan fingerprint density at radius 2 is 1.97 bits per heavy atom. The van der Waals surface area contributed by atoms with Crippen LogP contribution in [0.3, 0.4) is 0 Å². The summed E-state index contributed by atoms with van der Waals surface area (Å²) in [5.74, 6) is -0.708. The van der Waals surface area contributed by atoms with Crippen molar-refractivity contribution in [2.75, 3.05) is 19.6 Å². The van der Waals surface area contributed by atoms with Crippen LogP contribution in [0.2, 0.25) is 0 Å². The van der Waals surface area contributed by atoms with Crippen molar-refractivity contribution in [2.24, 2.45) is 5.73 Å². The summed E-state index contributed by atoms with van der Waals surface area (Å²) in [7, 11) is 0. The predicted octanol–water partition coefficient (Wildman–Crippen LogP) is 2.94. The van der Waals surface area contributed by atoms with Crippen LogP contribution >= 0.6 is 0 Å². The van der Waals surface area contributed by atoms with Crippen molar-refractivity contribution in [3.63, 3.8) is 0 Å². The molecule has 12 heteroatoms. The largest absolute Gasteiger partial charge is 0.573 e. The van der Waals surface area contributed by atoms with Crippen molar-refractivity contribution < 1.29 is 37.0 Å². The maximum absolute atomic E-state index is 13.0. The molecule has 34 heavy (non-hydrogen) atoms. The Morgan fingerprint density at radius 1 is 1.21 bits per heavy atom. The van der Waals surface area contributed by atoms with E-state index in [4.69, 9.17) is 15.2 Å². The molecule has 1 saturated heterocycles. The molecule has 0 radical (unpaired) electrons. The number of hydrogen-bond acceptors (Lipinski definition) is 7. The SMILES string of the molecule is CC(C)Oc1ccc(CN2CCN(C(=O)Oc3cccnc3)CC2C(N)=O)c(OC(F)(F)F)c1. The van der Waals surface area contributed by atoms with Gasteiger partial charge in [-0.25, -0.2) is 4.79 Å². The number of piperazine rings is 1. The van der Waals surface area contributed by atoms with Gasteiger partial charge in [0, 0.05) is 44.0 Å². The second-order valence-corrected chi connectivity index (χ2v) is 7.88. The van der Waals surface area contributed by atoms with Gasteiger partial charge in [0.05, 0.1) is 12.3 Å². The molecular formula is C22H25F3N4O5. The van der Waals surface area contributed by atoms with Crippen LogP contribution in [0.5, 0.6) is 17.2 Å². The van der Waals surface area contributed by atoms with Crippen molar-refractivity contribution in [1.82, 2.24) is 14.8 Å². The Labute approximate surface area is 194 Å². The number of benzene rings is 1. The first-order valence-electron chi connectivity index (χ1n) is 10.5. The lowest BCUT2D eigenvalue weighted by molar-refractivity contribution is -0.275. The van der Waals surface area contributed by atoms with Gasteiger partial charge in [-0.05, 0) is 32.0 Å². The lowest BCUT2D eigenvalue weighted by Crippen LogP contribution is -2.59. The van der Waals surface area contributed by atoms with Gasteiger partial charge in [-0.15, -0.1) is 13.2 Å². The van der Waals surface area contributed by atoms with Crippen LogP contribution < -0.4 is 19.9 Å². The lowest BCUT2D eigenvalue weighted by atomic mass is 10.1. The highest BCUT2D eigenvalue weighted by Gasteiger charge is 2.36. The third-order valence-corrected chi connectivity index (χ3v) is 4.93. The molecule has 1 unspecified atom stereocenters. The highest BCUT2D eigenvalue weighted by molar-refractivity contribution is 5.81. The van der Waals surface area contributed by atoms with Crippen LogP contribution in [0.15, 0.2) is 42.7 Å². The summed E-state index contributed by atoms with van der Waals surface area (Å²) in [5, 5.41) is 0. The van der Waals surface area contributed by atoms with E-state index in [0.717, 1.165) is 6.07 Å². The minimum absolute atomic E-state index is 0.0630. The molecule has 1 aromatic carbocycles. The van der Waals surface area contributed by atoms with Gasteiger partial charge in [-0.2, -0.15) is 0 Å². The molecule has 0 saturated carbocycles. The first-order chi connectivity index (χ1) is 16.0. The van der Waals surface area contributed by atoms with E-state index in [9.17, 15) is 22.8 Å². The molecule has 0 spiro atoms. The van der Waals surface area contributed by atoms with Crippen molar-refractivity contribution in [3.05, 3.63) is 48.3 Å².